The van der Waals surface area contributed by atoms with E-state index in [1.807, 2.05) is 129 Å². The lowest BCUT2D eigenvalue weighted by molar-refractivity contribution is -0.117. The number of benzene rings is 6. The first-order chi connectivity index (χ1) is 51.0. The summed E-state index contributed by atoms with van der Waals surface area (Å²) >= 11 is 0. The standard InChI is InChI=1S/2C26H31N5O3S.C19H25N5O.C7H7ClO2S/c2*1-21-5-3-4-6-25(21)35(33,34)29(2)16-13-26(32)28-22-7-9-23(10-8-22)30-17-19-31(20-18-30)24-11-14-27-15-12-24;1-20-9-8-19(25)22-16-2-4-17(5-3-16)23-12-14-24(15-13-23)18-6-10-21-11-7-18;1-6-4-2-3-5-7(6)11(8,9)10/h2*3-12,14-15H,13,16-20H2,1-2H3,(H,28,32);2-7,10-11,20H,8-9,12-15H2,1H3,(H,22,25);2-5H,1H3. The maximum Gasteiger partial charge on any atom is 0.261 e. The van der Waals surface area contributed by atoms with Crippen LogP contribution in [0, 0.1) is 20.8 Å². The summed E-state index contributed by atoms with van der Waals surface area (Å²) in [5.41, 5.74) is 11.3. The van der Waals surface area contributed by atoms with Crippen LogP contribution in [0.4, 0.5) is 51.2 Å². The Morgan fingerprint density at radius 2 is 0.594 bits per heavy atom. The summed E-state index contributed by atoms with van der Waals surface area (Å²) in [5.74, 6) is -0.417. The van der Waals surface area contributed by atoms with Crippen molar-refractivity contribution in [3.05, 3.63) is 236 Å². The van der Waals surface area contributed by atoms with E-state index in [9.17, 15) is 39.6 Å². The fourth-order valence-corrected chi connectivity index (χ4v) is 16.1. The summed E-state index contributed by atoms with van der Waals surface area (Å²) in [7, 11) is -0.858. The number of aromatic nitrogens is 3. The smallest absolute Gasteiger partial charge is 0.261 e. The minimum atomic E-state index is -3.64. The number of pyridine rings is 3. The van der Waals surface area contributed by atoms with Gasteiger partial charge >= 0.3 is 0 Å². The van der Waals surface area contributed by atoms with Crippen LogP contribution < -0.4 is 50.7 Å². The average molecular weight is 1520 g/mol. The molecule has 28 heteroatoms. The summed E-state index contributed by atoms with van der Waals surface area (Å²) in [6.07, 6.45) is 11.6. The van der Waals surface area contributed by atoms with Gasteiger partial charge in [0.1, 0.15) is 0 Å². The molecular formula is C78H94ClN15O9S3. The molecule has 0 bridgehead atoms. The maximum atomic E-state index is 12.8. The van der Waals surface area contributed by atoms with Crippen LogP contribution in [0.5, 0.6) is 0 Å². The molecule has 0 atom stereocenters. The minimum absolute atomic E-state index is 0.0352. The predicted molar refractivity (Wildman–Crippen MR) is 425 cm³/mol. The Morgan fingerprint density at radius 1 is 0.358 bits per heavy atom. The van der Waals surface area contributed by atoms with Gasteiger partial charge in [0, 0.05) is 231 Å². The molecule has 3 fully saturated rings. The van der Waals surface area contributed by atoms with E-state index in [1.165, 1.54) is 51.5 Å². The zero-order valence-electron chi connectivity index (χ0n) is 60.7. The number of piperazine rings is 3. The second-order valence-electron chi connectivity index (χ2n) is 25.6. The molecule has 24 nitrogen and oxygen atoms in total. The van der Waals surface area contributed by atoms with Crippen LogP contribution in [0.3, 0.4) is 0 Å². The van der Waals surface area contributed by atoms with Crippen LogP contribution in [0.1, 0.15) is 36.0 Å². The topological polar surface area (TPSA) is 266 Å². The van der Waals surface area contributed by atoms with Gasteiger partial charge in [-0.05, 0) is 172 Å². The van der Waals surface area contributed by atoms with Crippen molar-refractivity contribution >= 4 is 109 Å². The van der Waals surface area contributed by atoms with E-state index in [0.717, 1.165) is 95.6 Å². The van der Waals surface area contributed by atoms with Gasteiger partial charge in [0.25, 0.3) is 9.05 Å². The molecule has 6 aromatic carbocycles. The molecule has 6 heterocycles. The summed E-state index contributed by atoms with van der Waals surface area (Å²) in [6.45, 7) is 17.4. The molecule has 3 amide bonds. The highest BCUT2D eigenvalue weighted by Crippen LogP contribution is 2.28. The third-order valence-corrected chi connectivity index (χ3v) is 23.8. The van der Waals surface area contributed by atoms with Gasteiger partial charge in [0.2, 0.25) is 37.8 Å². The molecule has 0 saturated carbocycles. The van der Waals surface area contributed by atoms with Gasteiger partial charge in [0.15, 0.2) is 0 Å². The van der Waals surface area contributed by atoms with Crippen LogP contribution in [0.15, 0.2) is 234 Å². The number of nitrogens with one attached hydrogen (secondary N) is 4. The van der Waals surface area contributed by atoms with Crippen molar-refractivity contribution in [2.75, 3.05) is 165 Å². The second-order valence-corrected chi connectivity index (χ2v) is 32.1. The second kappa shape index (κ2) is 38.8. The molecule has 0 radical (unpaired) electrons. The van der Waals surface area contributed by atoms with E-state index in [2.05, 4.69) is 89.9 Å². The van der Waals surface area contributed by atoms with Gasteiger partial charge in [-0.3, -0.25) is 29.3 Å². The van der Waals surface area contributed by atoms with Crippen LogP contribution >= 0.6 is 10.7 Å². The number of hydrogen-bond donors (Lipinski definition) is 4. The van der Waals surface area contributed by atoms with Crippen molar-refractivity contribution in [3.8, 4) is 0 Å². The first-order valence-corrected chi connectivity index (χ1v) is 40.2. The molecule has 560 valence electrons. The first kappa shape index (κ1) is 80.1. The van der Waals surface area contributed by atoms with Gasteiger partial charge < -0.3 is 50.7 Å². The molecule has 3 aliphatic heterocycles. The number of carbonyl (C=O) groups excluding carboxylic acids is 3. The highest BCUT2D eigenvalue weighted by atomic mass is 35.7. The molecule has 12 rings (SSSR count). The molecule has 0 aliphatic carbocycles. The average Bonchev–Trinajstić information content (AvgIpc) is 0.796. The third kappa shape index (κ3) is 23.2. The Hall–Kier alpha value is -10.0. The van der Waals surface area contributed by atoms with Crippen molar-refractivity contribution in [2.24, 2.45) is 0 Å². The van der Waals surface area contributed by atoms with Gasteiger partial charge in [-0.2, -0.15) is 0 Å². The summed E-state index contributed by atoms with van der Waals surface area (Å²) in [5, 5.41) is 11.6. The van der Waals surface area contributed by atoms with Crippen molar-refractivity contribution < 1.29 is 39.6 Å². The Bertz CT molecular complexity index is 4440. The largest absolute Gasteiger partial charge is 0.368 e. The van der Waals surface area contributed by atoms with Crippen LogP contribution in [0.2, 0.25) is 0 Å². The quantitative estimate of drug-likeness (QED) is 0.0434. The number of sulfonamides is 2. The summed E-state index contributed by atoms with van der Waals surface area (Å²) in [6, 6.07) is 56.2. The minimum Gasteiger partial charge on any atom is -0.368 e. The van der Waals surface area contributed by atoms with Gasteiger partial charge in [-0.1, -0.05) is 54.6 Å². The normalized spacial score (nSPS) is 14.0. The zero-order chi connectivity index (χ0) is 75.6. The molecule has 0 spiro atoms. The number of anilines is 9. The maximum absolute atomic E-state index is 12.8. The van der Waals surface area contributed by atoms with E-state index in [-0.39, 0.29) is 58.3 Å². The van der Waals surface area contributed by atoms with Crippen molar-refractivity contribution in [1.82, 2.24) is 28.9 Å². The van der Waals surface area contributed by atoms with Gasteiger partial charge in [0.05, 0.1) is 14.7 Å². The van der Waals surface area contributed by atoms with E-state index < -0.39 is 29.1 Å². The van der Waals surface area contributed by atoms with Crippen molar-refractivity contribution in [3.63, 3.8) is 0 Å². The Labute approximate surface area is 628 Å². The van der Waals surface area contributed by atoms with E-state index in [4.69, 9.17) is 10.7 Å². The number of halogens is 1. The molecular weight excluding hydrogens is 1420 g/mol. The van der Waals surface area contributed by atoms with Crippen molar-refractivity contribution in [1.29, 1.82) is 0 Å². The van der Waals surface area contributed by atoms with Gasteiger partial charge in [-0.15, -0.1) is 0 Å². The monoisotopic (exact) mass is 1520 g/mol. The fourth-order valence-electron chi connectivity index (χ4n) is 12.1. The number of nitrogens with zero attached hydrogens (tertiary/aromatic N) is 11. The lowest BCUT2D eigenvalue weighted by Gasteiger charge is -2.37. The Balaban J connectivity index is 0.000000173. The zero-order valence-corrected chi connectivity index (χ0v) is 63.9. The molecule has 106 heavy (non-hydrogen) atoms. The lowest BCUT2D eigenvalue weighted by atomic mass is 10.2. The van der Waals surface area contributed by atoms with Gasteiger partial charge in [-0.25, -0.2) is 33.9 Å². The highest BCUT2D eigenvalue weighted by molar-refractivity contribution is 8.13. The third-order valence-electron chi connectivity index (χ3n) is 18.3. The molecule has 3 saturated heterocycles. The molecule has 3 aliphatic rings. The summed E-state index contributed by atoms with van der Waals surface area (Å²) < 4.78 is 75.3. The van der Waals surface area contributed by atoms with Crippen LogP contribution in [-0.4, -0.2) is 186 Å². The first-order valence-electron chi connectivity index (χ1n) is 35.0. The Morgan fingerprint density at radius 3 is 0.830 bits per heavy atom. The van der Waals surface area contributed by atoms with Crippen molar-refractivity contribution in [2.45, 2.75) is 54.7 Å². The molecule has 0 unspecified atom stereocenters. The van der Waals surface area contributed by atoms with E-state index in [1.54, 1.807) is 87.5 Å². The van der Waals surface area contributed by atoms with E-state index >= 15 is 0 Å². The van der Waals surface area contributed by atoms with Crippen LogP contribution in [0.25, 0.3) is 0 Å². The number of rotatable bonds is 23. The number of amides is 3. The Kier molecular flexibility index (Phi) is 29.4. The molecule has 3 aromatic heterocycles. The number of aryl methyl sites for hydroxylation is 3. The van der Waals surface area contributed by atoms with Crippen LogP contribution in [-0.2, 0) is 43.5 Å². The summed E-state index contributed by atoms with van der Waals surface area (Å²) in [4.78, 5) is 63.7. The number of carbonyl (C=O) groups is 3. The number of hydrogen-bond acceptors (Lipinski definition) is 19. The molecule has 4 N–H and O–H groups in total. The fraction of sp³-hybridized carbons (Fsp3) is 0.308. The lowest BCUT2D eigenvalue weighted by Crippen LogP contribution is -2.46. The highest BCUT2D eigenvalue weighted by Gasteiger charge is 2.26. The molecule has 9 aromatic rings. The van der Waals surface area contributed by atoms with E-state index in [0.29, 0.717) is 41.0 Å². The SMILES string of the molecule is CNCCC(=O)Nc1ccc(N2CCN(c3ccncc3)CC2)cc1.Cc1ccccc1S(=O)(=O)Cl.Cc1ccccc1S(=O)(=O)N(C)CCC(=O)Nc1ccc(N2CCN(c3ccncc3)CC2)cc1.Cc1ccccc1S(=O)(=O)N(C)CCC(=O)Nc1ccc(N2CCN(c3ccncc3)CC2)cc1. The predicted octanol–water partition coefficient (Wildman–Crippen LogP) is 10.6.